The minimum atomic E-state index is -0.476. The molecule has 0 aliphatic carbocycles. The molecule has 2 amide bonds. The van der Waals surface area contributed by atoms with Crippen LogP contribution < -0.4 is 19.7 Å². The van der Waals surface area contributed by atoms with Crippen molar-refractivity contribution < 1.29 is 19.1 Å². The third-order valence-corrected chi connectivity index (χ3v) is 6.09. The van der Waals surface area contributed by atoms with Crippen LogP contribution in [0.3, 0.4) is 0 Å². The molecular formula is C24H25ClN4O4. The minimum Gasteiger partial charge on any atom is -0.495 e. The molecule has 172 valence electrons. The average Bonchev–Trinajstić information content (AvgIpc) is 3.49. The van der Waals surface area contributed by atoms with Gasteiger partial charge in [0.1, 0.15) is 11.5 Å². The zero-order valence-electron chi connectivity index (χ0n) is 18.6. The monoisotopic (exact) mass is 468 g/mol. The van der Waals surface area contributed by atoms with Crippen LogP contribution in [0, 0.1) is 5.92 Å². The van der Waals surface area contributed by atoms with Crippen molar-refractivity contribution in [1.82, 2.24) is 14.9 Å². The number of benzene rings is 2. The summed E-state index contributed by atoms with van der Waals surface area (Å²) in [5.74, 6) is 0.0986. The van der Waals surface area contributed by atoms with Crippen LogP contribution in [0.1, 0.15) is 24.9 Å². The molecule has 1 aliphatic heterocycles. The predicted octanol–water partition coefficient (Wildman–Crippen LogP) is 3.77. The average molecular weight is 469 g/mol. The molecule has 1 aromatic heterocycles. The molecule has 1 N–H and O–H groups in total. The van der Waals surface area contributed by atoms with Crippen LogP contribution in [0.25, 0.3) is 5.69 Å². The molecule has 2 aromatic carbocycles. The number of carbonyl (C=O) groups excluding carboxylic acids is 2. The number of carbonyl (C=O) groups is 2. The largest absolute Gasteiger partial charge is 0.495 e. The number of ether oxygens (including phenoxy) is 2. The van der Waals surface area contributed by atoms with Gasteiger partial charge >= 0.3 is 0 Å². The van der Waals surface area contributed by atoms with Crippen molar-refractivity contribution in [2.24, 2.45) is 5.92 Å². The summed E-state index contributed by atoms with van der Waals surface area (Å²) in [6.45, 7) is 2.17. The summed E-state index contributed by atoms with van der Waals surface area (Å²) >= 11 is 6.26. The fourth-order valence-corrected chi connectivity index (χ4v) is 4.17. The summed E-state index contributed by atoms with van der Waals surface area (Å²) in [6, 6.07) is 10.9. The molecule has 1 saturated heterocycles. The van der Waals surface area contributed by atoms with E-state index in [1.807, 2.05) is 42.0 Å². The molecule has 1 fully saturated rings. The molecule has 3 aromatic rings. The molecule has 0 radical (unpaired) electrons. The second kappa shape index (κ2) is 9.54. The van der Waals surface area contributed by atoms with Gasteiger partial charge in [-0.2, -0.15) is 0 Å². The summed E-state index contributed by atoms with van der Waals surface area (Å²) in [7, 11) is 3.02. The lowest BCUT2D eigenvalue weighted by Gasteiger charge is -2.21. The topological polar surface area (TPSA) is 85.7 Å². The molecule has 2 heterocycles. The van der Waals surface area contributed by atoms with Gasteiger partial charge in [-0.3, -0.25) is 9.59 Å². The number of nitrogens with zero attached hydrogens (tertiary/aromatic N) is 3. The SMILES string of the molecule is COc1cc(OC)c(N2C[C@H](C(=O)N[C@@H](C)c3ccc(-n4ccnc4)cc3)CC2=O)cc1Cl. The summed E-state index contributed by atoms with van der Waals surface area (Å²) in [4.78, 5) is 31.3. The van der Waals surface area contributed by atoms with Crippen molar-refractivity contribution >= 4 is 29.1 Å². The molecule has 0 bridgehead atoms. The van der Waals surface area contributed by atoms with Crippen molar-refractivity contribution in [3.63, 3.8) is 0 Å². The molecule has 33 heavy (non-hydrogen) atoms. The van der Waals surface area contributed by atoms with E-state index in [1.165, 1.54) is 14.2 Å². The van der Waals surface area contributed by atoms with E-state index in [1.54, 1.807) is 29.6 Å². The molecule has 4 rings (SSSR count). The Balaban J connectivity index is 1.44. The minimum absolute atomic E-state index is 0.116. The van der Waals surface area contributed by atoms with Crippen LogP contribution in [0.15, 0.2) is 55.1 Å². The Morgan fingerprint density at radius 3 is 2.55 bits per heavy atom. The zero-order chi connectivity index (χ0) is 23.5. The summed E-state index contributed by atoms with van der Waals surface area (Å²) < 4.78 is 12.5. The van der Waals surface area contributed by atoms with Gasteiger partial charge in [-0.15, -0.1) is 0 Å². The lowest BCUT2D eigenvalue weighted by atomic mass is 10.0. The number of amides is 2. The maximum absolute atomic E-state index is 12.9. The van der Waals surface area contributed by atoms with Gasteiger partial charge in [0.2, 0.25) is 11.8 Å². The fourth-order valence-electron chi connectivity index (χ4n) is 3.93. The van der Waals surface area contributed by atoms with Gasteiger partial charge in [0, 0.05) is 37.1 Å². The first-order chi connectivity index (χ1) is 15.9. The number of imidazole rings is 1. The number of nitrogens with one attached hydrogen (secondary N) is 1. The third-order valence-electron chi connectivity index (χ3n) is 5.79. The van der Waals surface area contributed by atoms with Gasteiger partial charge in [-0.05, 0) is 30.7 Å². The van der Waals surface area contributed by atoms with Gasteiger partial charge in [-0.25, -0.2) is 4.98 Å². The molecule has 0 saturated carbocycles. The van der Waals surface area contributed by atoms with Gasteiger partial charge < -0.3 is 24.3 Å². The van der Waals surface area contributed by atoms with Crippen molar-refractivity contribution in [1.29, 1.82) is 0 Å². The van der Waals surface area contributed by atoms with Crippen LogP contribution >= 0.6 is 11.6 Å². The Morgan fingerprint density at radius 2 is 1.91 bits per heavy atom. The Labute approximate surface area is 197 Å². The number of rotatable bonds is 7. The van der Waals surface area contributed by atoms with Crippen LogP contribution in [-0.4, -0.2) is 42.1 Å². The van der Waals surface area contributed by atoms with E-state index in [0.717, 1.165) is 11.3 Å². The van der Waals surface area contributed by atoms with Crippen molar-refractivity contribution in [2.75, 3.05) is 25.7 Å². The summed E-state index contributed by atoms with van der Waals surface area (Å²) in [5, 5.41) is 3.39. The molecule has 9 heteroatoms. The second-order valence-electron chi connectivity index (χ2n) is 7.86. The van der Waals surface area contributed by atoms with Gasteiger partial charge in [0.25, 0.3) is 0 Å². The van der Waals surface area contributed by atoms with Crippen LogP contribution in [0.4, 0.5) is 5.69 Å². The lowest BCUT2D eigenvalue weighted by Crippen LogP contribution is -2.34. The summed E-state index contributed by atoms with van der Waals surface area (Å²) in [6.07, 6.45) is 5.44. The highest BCUT2D eigenvalue weighted by atomic mass is 35.5. The van der Waals surface area contributed by atoms with Crippen molar-refractivity contribution in [3.8, 4) is 17.2 Å². The van der Waals surface area contributed by atoms with Gasteiger partial charge in [0.05, 0.1) is 43.2 Å². The molecule has 1 aliphatic rings. The van der Waals surface area contributed by atoms with E-state index in [9.17, 15) is 9.59 Å². The van der Waals surface area contributed by atoms with Crippen LogP contribution in [0.5, 0.6) is 11.5 Å². The van der Waals surface area contributed by atoms with Crippen molar-refractivity contribution in [3.05, 3.63) is 65.7 Å². The number of aromatic nitrogens is 2. The third kappa shape index (κ3) is 4.66. The quantitative estimate of drug-likeness (QED) is 0.570. The zero-order valence-corrected chi connectivity index (χ0v) is 19.4. The first-order valence-electron chi connectivity index (χ1n) is 10.5. The molecule has 2 atom stereocenters. The number of halogens is 1. The van der Waals surface area contributed by atoms with Crippen LogP contribution in [0.2, 0.25) is 5.02 Å². The van der Waals surface area contributed by atoms with E-state index >= 15 is 0 Å². The second-order valence-corrected chi connectivity index (χ2v) is 8.26. The van der Waals surface area contributed by atoms with Crippen molar-refractivity contribution in [2.45, 2.75) is 19.4 Å². The highest BCUT2D eigenvalue weighted by molar-refractivity contribution is 6.32. The molecule has 0 unspecified atom stereocenters. The maximum Gasteiger partial charge on any atom is 0.227 e. The number of hydrogen-bond acceptors (Lipinski definition) is 5. The first kappa shape index (κ1) is 22.7. The fraction of sp³-hybridized carbons (Fsp3) is 0.292. The number of methoxy groups -OCH3 is 2. The van der Waals surface area contributed by atoms with E-state index in [-0.39, 0.29) is 30.8 Å². The Morgan fingerprint density at radius 1 is 1.18 bits per heavy atom. The molecule has 8 nitrogen and oxygen atoms in total. The Hall–Kier alpha value is -3.52. The van der Waals surface area contributed by atoms with Gasteiger partial charge in [-0.1, -0.05) is 23.7 Å². The number of hydrogen-bond donors (Lipinski definition) is 1. The Bertz CT molecular complexity index is 1150. The van der Waals surface area contributed by atoms with E-state index in [4.69, 9.17) is 21.1 Å². The highest BCUT2D eigenvalue weighted by Crippen LogP contribution is 2.40. The van der Waals surface area contributed by atoms with E-state index in [2.05, 4.69) is 10.3 Å². The van der Waals surface area contributed by atoms with Crippen LogP contribution in [-0.2, 0) is 9.59 Å². The van der Waals surface area contributed by atoms with Gasteiger partial charge in [0.15, 0.2) is 0 Å². The highest BCUT2D eigenvalue weighted by Gasteiger charge is 2.37. The molecular weight excluding hydrogens is 444 g/mol. The number of anilines is 1. The normalized spacial score (nSPS) is 16.5. The molecule has 0 spiro atoms. The smallest absolute Gasteiger partial charge is 0.227 e. The predicted molar refractivity (Wildman–Crippen MR) is 125 cm³/mol. The summed E-state index contributed by atoms with van der Waals surface area (Å²) in [5.41, 5.74) is 2.47. The van der Waals surface area contributed by atoms with E-state index in [0.29, 0.717) is 22.2 Å². The maximum atomic E-state index is 12.9. The lowest BCUT2D eigenvalue weighted by molar-refractivity contribution is -0.126. The first-order valence-corrected chi connectivity index (χ1v) is 10.9. The standard InChI is InChI=1S/C24H25ClN4O4/c1-15(16-4-6-18(7-5-16)28-9-8-26-14-28)27-24(31)17-10-23(30)29(13-17)20-11-19(25)21(32-2)12-22(20)33-3/h4-9,11-12,14-15,17H,10,13H2,1-3H3,(H,27,31)/t15-,17+/m0/s1. The Kier molecular flexibility index (Phi) is 6.55. The van der Waals surface area contributed by atoms with E-state index < -0.39 is 5.92 Å².